The van der Waals surface area contributed by atoms with Crippen molar-refractivity contribution in [1.82, 2.24) is 9.21 Å². The summed E-state index contributed by atoms with van der Waals surface area (Å²) < 4.78 is 34.7. The van der Waals surface area contributed by atoms with Gasteiger partial charge in [-0.1, -0.05) is 30.3 Å². The maximum absolute atomic E-state index is 13.4. The summed E-state index contributed by atoms with van der Waals surface area (Å²) in [5, 5.41) is 10.4. The van der Waals surface area contributed by atoms with Gasteiger partial charge in [-0.3, -0.25) is 4.79 Å². The summed E-state index contributed by atoms with van der Waals surface area (Å²) in [7, 11) is -3.21. The molecule has 162 valence electrons. The van der Waals surface area contributed by atoms with Crippen LogP contribution in [-0.2, 0) is 14.7 Å². The van der Waals surface area contributed by atoms with E-state index in [1.165, 1.54) is 0 Å². The van der Waals surface area contributed by atoms with Crippen LogP contribution in [0.25, 0.3) is 0 Å². The second kappa shape index (κ2) is 7.67. The standard InChI is InChI=1S/C22H23N3O5S/c23-31(28,18-6-7-19-20(10-18)30-9-8-29-19)25-13-16-11-24(12-17(16)14-25)22(27)21(26)15-4-2-1-3-5-15/h1-7,10,21,23,26H,8-9,11-14H2. The number of nitrogens with one attached hydrogen (secondary N) is 1. The Bertz CT molecular complexity index is 1140. The predicted octanol–water partition coefficient (Wildman–Crippen LogP) is 1.97. The Hall–Kier alpha value is -2.88. The van der Waals surface area contributed by atoms with Crippen LogP contribution in [0.5, 0.6) is 11.5 Å². The Morgan fingerprint density at radius 3 is 2.29 bits per heavy atom. The Morgan fingerprint density at radius 2 is 1.61 bits per heavy atom. The molecule has 0 fully saturated rings. The molecule has 2 unspecified atom stereocenters. The Kier molecular flexibility index (Phi) is 4.96. The van der Waals surface area contributed by atoms with E-state index in [-0.39, 0.29) is 5.91 Å². The van der Waals surface area contributed by atoms with Crippen LogP contribution in [0.3, 0.4) is 0 Å². The van der Waals surface area contributed by atoms with Gasteiger partial charge < -0.3 is 19.5 Å². The van der Waals surface area contributed by atoms with Crippen molar-refractivity contribution in [3.8, 4) is 11.5 Å². The minimum absolute atomic E-state index is 0.342. The zero-order chi connectivity index (χ0) is 21.6. The molecular weight excluding hydrogens is 418 g/mol. The number of hydrogen-bond acceptors (Lipinski definition) is 6. The van der Waals surface area contributed by atoms with Gasteiger partial charge in [0.15, 0.2) is 17.6 Å². The smallest absolute Gasteiger partial charge is 0.256 e. The lowest BCUT2D eigenvalue weighted by molar-refractivity contribution is -0.139. The van der Waals surface area contributed by atoms with Gasteiger partial charge in [0.2, 0.25) is 0 Å². The third kappa shape index (κ3) is 3.58. The average Bonchev–Trinajstić information content (AvgIpc) is 3.38. The van der Waals surface area contributed by atoms with Crippen molar-refractivity contribution in [1.29, 1.82) is 4.78 Å². The SMILES string of the molecule is N=S(=O)(c1ccc2c(c1)OCCO2)N1CC2=C(CN(C(=O)C(O)c3ccccc3)C2)C1. The first-order valence-electron chi connectivity index (χ1n) is 10.1. The maximum atomic E-state index is 13.4. The predicted molar refractivity (Wildman–Crippen MR) is 113 cm³/mol. The summed E-state index contributed by atoms with van der Waals surface area (Å²) >= 11 is 0. The highest BCUT2D eigenvalue weighted by Crippen LogP contribution is 2.36. The number of benzene rings is 2. The summed E-state index contributed by atoms with van der Waals surface area (Å²) in [4.78, 5) is 14.7. The Labute approximate surface area is 180 Å². The van der Waals surface area contributed by atoms with E-state index in [1.807, 2.05) is 6.07 Å². The molecule has 0 spiro atoms. The van der Waals surface area contributed by atoms with E-state index >= 15 is 0 Å². The molecule has 0 radical (unpaired) electrons. The fourth-order valence-electron chi connectivity index (χ4n) is 4.18. The number of hydrogen-bond donors (Lipinski definition) is 2. The molecule has 0 bridgehead atoms. The van der Waals surface area contributed by atoms with Gasteiger partial charge in [-0.25, -0.2) is 13.3 Å². The topological polar surface area (TPSA) is 103 Å². The molecule has 0 aliphatic carbocycles. The van der Waals surface area contributed by atoms with Crippen LogP contribution in [0, 0.1) is 4.78 Å². The Morgan fingerprint density at radius 1 is 0.968 bits per heavy atom. The van der Waals surface area contributed by atoms with E-state index in [9.17, 15) is 14.1 Å². The van der Waals surface area contributed by atoms with Gasteiger partial charge in [0.1, 0.15) is 23.1 Å². The second-order valence-electron chi connectivity index (χ2n) is 7.84. The average molecular weight is 442 g/mol. The van der Waals surface area contributed by atoms with Gasteiger partial charge in [0.25, 0.3) is 5.91 Å². The molecule has 5 rings (SSSR count). The number of amides is 1. The zero-order valence-electron chi connectivity index (χ0n) is 16.8. The van der Waals surface area contributed by atoms with E-state index in [0.717, 1.165) is 11.1 Å². The lowest BCUT2D eigenvalue weighted by Crippen LogP contribution is -2.38. The molecule has 2 aromatic rings. The number of carbonyl (C=O) groups is 1. The number of fused-ring (bicyclic) bond motifs is 1. The van der Waals surface area contributed by atoms with Gasteiger partial charge in [-0.2, -0.15) is 0 Å². The first kappa shape index (κ1) is 20.0. The lowest BCUT2D eigenvalue weighted by Gasteiger charge is -2.26. The minimum Gasteiger partial charge on any atom is -0.486 e. The van der Waals surface area contributed by atoms with E-state index in [0.29, 0.717) is 61.4 Å². The molecule has 3 aliphatic rings. The quantitative estimate of drug-likeness (QED) is 0.706. The second-order valence-corrected chi connectivity index (χ2v) is 9.88. The van der Waals surface area contributed by atoms with Crippen molar-refractivity contribution >= 4 is 15.8 Å². The van der Waals surface area contributed by atoms with E-state index in [1.54, 1.807) is 51.7 Å². The molecule has 2 aromatic carbocycles. The van der Waals surface area contributed by atoms with Gasteiger partial charge in [-0.15, -0.1) is 0 Å². The molecule has 8 nitrogen and oxygen atoms in total. The van der Waals surface area contributed by atoms with Gasteiger partial charge in [-0.05, 0) is 28.8 Å². The van der Waals surface area contributed by atoms with Crippen LogP contribution >= 0.6 is 0 Å². The van der Waals surface area contributed by atoms with E-state index in [2.05, 4.69) is 0 Å². The molecule has 3 aliphatic heterocycles. The van der Waals surface area contributed by atoms with Crippen LogP contribution < -0.4 is 9.47 Å². The summed E-state index contributed by atoms with van der Waals surface area (Å²) in [5.74, 6) is 0.763. The zero-order valence-corrected chi connectivity index (χ0v) is 17.6. The third-order valence-corrected chi connectivity index (χ3v) is 7.73. The monoisotopic (exact) mass is 441 g/mol. The van der Waals surface area contributed by atoms with Crippen molar-refractivity contribution in [3.05, 3.63) is 65.2 Å². The molecule has 31 heavy (non-hydrogen) atoms. The largest absolute Gasteiger partial charge is 0.486 e. The summed E-state index contributed by atoms with van der Waals surface area (Å²) in [6.45, 7) is 2.37. The molecular formula is C22H23N3O5S. The molecule has 2 N–H and O–H groups in total. The first-order valence-corrected chi connectivity index (χ1v) is 11.6. The lowest BCUT2D eigenvalue weighted by atomic mass is 10.1. The van der Waals surface area contributed by atoms with Gasteiger partial charge in [0.05, 0.1) is 4.90 Å². The minimum atomic E-state index is -3.21. The fraction of sp³-hybridized carbons (Fsp3) is 0.318. The van der Waals surface area contributed by atoms with Crippen LogP contribution in [0.4, 0.5) is 0 Å². The maximum Gasteiger partial charge on any atom is 0.256 e. The summed E-state index contributed by atoms with van der Waals surface area (Å²) in [6.07, 6.45) is -1.20. The van der Waals surface area contributed by atoms with Crippen molar-refractivity contribution in [3.63, 3.8) is 0 Å². The third-order valence-electron chi connectivity index (χ3n) is 5.86. The normalized spacial score (nSPS) is 21.0. The van der Waals surface area contributed by atoms with Crippen molar-refractivity contribution in [2.24, 2.45) is 0 Å². The molecule has 0 saturated heterocycles. The highest BCUT2D eigenvalue weighted by atomic mass is 32.2. The van der Waals surface area contributed by atoms with Crippen molar-refractivity contribution < 1.29 is 23.6 Å². The van der Waals surface area contributed by atoms with E-state index < -0.39 is 16.0 Å². The number of ether oxygens (including phenoxy) is 2. The molecule has 0 saturated carbocycles. The first-order chi connectivity index (χ1) is 14.9. The fourth-order valence-corrected chi connectivity index (χ4v) is 5.67. The summed E-state index contributed by atoms with van der Waals surface area (Å²) in [5.41, 5.74) is 2.55. The molecule has 0 aromatic heterocycles. The van der Waals surface area contributed by atoms with Crippen LogP contribution in [-0.4, -0.2) is 63.8 Å². The van der Waals surface area contributed by atoms with Crippen molar-refractivity contribution in [2.75, 3.05) is 39.4 Å². The van der Waals surface area contributed by atoms with Gasteiger partial charge in [0, 0.05) is 32.2 Å². The molecule has 2 atom stereocenters. The highest BCUT2D eigenvalue weighted by molar-refractivity contribution is 7.90. The van der Waals surface area contributed by atoms with Crippen LogP contribution in [0.1, 0.15) is 11.7 Å². The van der Waals surface area contributed by atoms with Crippen LogP contribution in [0.15, 0.2) is 64.6 Å². The number of aliphatic hydroxyl groups is 1. The van der Waals surface area contributed by atoms with E-state index in [4.69, 9.17) is 14.3 Å². The Balaban J connectivity index is 1.26. The number of nitrogens with zero attached hydrogens (tertiary/aromatic N) is 2. The highest BCUT2D eigenvalue weighted by Gasteiger charge is 2.38. The molecule has 3 heterocycles. The molecule has 9 heteroatoms. The summed E-state index contributed by atoms with van der Waals surface area (Å²) in [6, 6.07) is 13.8. The van der Waals surface area contributed by atoms with Crippen LogP contribution in [0.2, 0.25) is 0 Å². The molecule has 1 amide bonds. The van der Waals surface area contributed by atoms with Crippen molar-refractivity contribution in [2.45, 2.75) is 11.0 Å². The van der Waals surface area contributed by atoms with Gasteiger partial charge >= 0.3 is 0 Å². The number of rotatable bonds is 4. The number of carbonyl (C=O) groups excluding carboxylic acids is 1. The number of aliphatic hydroxyl groups excluding tert-OH is 1.